The molecule has 7 nitrogen and oxygen atoms in total. The van der Waals surface area contributed by atoms with Gasteiger partial charge in [0.2, 0.25) is 0 Å². The Labute approximate surface area is 216 Å². The molecular formula is C28H32N4O3S. The lowest BCUT2D eigenvalue weighted by Gasteiger charge is -2.27. The summed E-state index contributed by atoms with van der Waals surface area (Å²) in [7, 11) is 2.17. The highest BCUT2D eigenvalue weighted by Crippen LogP contribution is 2.36. The van der Waals surface area contributed by atoms with Crippen LogP contribution in [0.25, 0.3) is 10.4 Å². The quantitative estimate of drug-likeness (QED) is 0.454. The minimum Gasteiger partial charge on any atom is -0.485 e. The maximum absolute atomic E-state index is 10.5. The lowest BCUT2D eigenvalue weighted by Crippen LogP contribution is -2.35. The van der Waals surface area contributed by atoms with E-state index in [9.17, 15) is 10.2 Å². The summed E-state index contributed by atoms with van der Waals surface area (Å²) < 4.78 is 6.04. The van der Waals surface area contributed by atoms with Crippen molar-refractivity contribution in [2.24, 2.45) is 0 Å². The van der Waals surface area contributed by atoms with Gasteiger partial charge in [0, 0.05) is 29.4 Å². The van der Waals surface area contributed by atoms with Gasteiger partial charge < -0.3 is 25.6 Å². The molecule has 0 spiro atoms. The normalized spacial score (nSPS) is 22.8. The van der Waals surface area contributed by atoms with Crippen molar-refractivity contribution in [2.45, 2.75) is 56.3 Å². The molecule has 3 heterocycles. The summed E-state index contributed by atoms with van der Waals surface area (Å²) in [6.45, 7) is 2.52. The molecule has 1 aliphatic heterocycles. The van der Waals surface area contributed by atoms with Crippen LogP contribution in [-0.2, 0) is 6.61 Å². The van der Waals surface area contributed by atoms with Crippen LogP contribution in [-0.4, -0.2) is 56.9 Å². The number of hydrogen-bond acceptors (Lipinski definition) is 8. The fraction of sp³-hybridized carbons (Fsp3) is 0.429. The van der Waals surface area contributed by atoms with Crippen molar-refractivity contribution in [3.8, 4) is 28.0 Å². The summed E-state index contributed by atoms with van der Waals surface area (Å²) in [6, 6.07) is 9.58. The van der Waals surface area contributed by atoms with Crippen molar-refractivity contribution in [1.82, 2.24) is 14.9 Å². The SMILES string of the molecule is CN1CCC(c2ncc(-c3cnc(N)c(OCc4cccc(C#CC5(O)CCCC5O)c4)c3)s2)CC1. The third kappa shape index (κ3) is 5.55. The van der Waals surface area contributed by atoms with Gasteiger partial charge in [-0.25, -0.2) is 9.97 Å². The van der Waals surface area contributed by atoms with Crippen LogP contribution in [0.2, 0.25) is 0 Å². The van der Waals surface area contributed by atoms with E-state index in [1.807, 2.05) is 36.5 Å². The number of nitrogen functional groups attached to an aromatic ring is 1. The van der Waals surface area contributed by atoms with Crippen LogP contribution in [0, 0.1) is 11.8 Å². The van der Waals surface area contributed by atoms with Crippen molar-refractivity contribution in [2.75, 3.05) is 25.9 Å². The number of likely N-dealkylation sites (tertiary alicyclic amines) is 1. The highest BCUT2D eigenvalue weighted by Gasteiger charge is 2.38. The maximum Gasteiger partial charge on any atom is 0.166 e. The molecule has 3 aromatic rings. The molecule has 5 rings (SSSR count). The van der Waals surface area contributed by atoms with Gasteiger partial charge in [-0.2, -0.15) is 0 Å². The molecule has 0 radical (unpaired) electrons. The first-order valence-corrected chi connectivity index (χ1v) is 13.3. The molecule has 2 atom stereocenters. The van der Waals surface area contributed by atoms with Gasteiger partial charge >= 0.3 is 0 Å². The largest absolute Gasteiger partial charge is 0.485 e. The number of hydrogen-bond donors (Lipinski definition) is 3. The molecule has 1 aliphatic carbocycles. The molecule has 2 aromatic heterocycles. The van der Waals surface area contributed by atoms with E-state index >= 15 is 0 Å². The predicted molar refractivity (Wildman–Crippen MR) is 142 cm³/mol. The van der Waals surface area contributed by atoms with Crippen molar-refractivity contribution in [3.63, 3.8) is 0 Å². The minimum absolute atomic E-state index is 0.307. The molecule has 0 amide bonds. The molecule has 188 valence electrons. The fourth-order valence-electron chi connectivity index (χ4n) is 4.77. The number of aromatic nitrogens is 2. The summed E-state index contributed by atoms with van der Waals surface area (Å²) in [5, 5.41) is 21.7. The van der Waals surface area contributed by atoms with Gasteiger partial charge in [-0.1, -0.05) is 24.0 Å². The lowest BCUT2D eigenvalue weighted by atomic mass is 9.98. The molecule has 1 aromatic carbocycles. The molecule has 4 N–H and O–H groups in total. The highest BCUT2D eigenvalue weighted by atomic mass is 32.1. The molecule has 8 heteroatoms. The Morgan fingerprint density at radius 1 is 1.19 bits per heavy atom. The summed E-state index contributed by atoms with van der Waals surface area (Å²) in [4.78, 5) is 12.5. The van der Waals surface area contributed by atoms with Crippen LogP contribution in [0.15, 0.2) is 42.7 Å². The van der Waals surface area contributed by atoms with Gasteiger partial charge in [0.1, 0.15) is 6.61 Å². The third-order valence-corrected chi connectivity index (χ3v) is 8.30. The van der Waals surface area contributed by atoms with Crippen molar-refractivity contribution >= 4 is 17.2 Å². The number of rotatable bonds is 5. The fourth-order valence-corrected chi connectivity index (χ4v) is 5.84. The van der Waals surface area contributed by atoms with Crippen LogP contribution in [0.3, 0.4) is 0 Å². The Morgan fingerprint density at radius 2 is 2.03 bits per heavy atom. The zero-order valence-electron chi connectivity index (χ0n) is 20.5. The average Bonchev–Trinajstić information content (AvgIpc) is 3.50. The molecule has 1 saturated carbocycles. The number of nitrogens with two attached hydrogens (primary N) is 1. The van der Waals surface area contributed by atoms with Gasteiger partial charge in [-0.15, -0.1) is 11.3 Å². The van der Waals surface area contributed by atoms with Crippen LogP contribution >= 0.6 is 11.3 Å². The number of aliphatic hydroxyl groups excluding tert-OH is 1. The van der Waals surface area contributed by atoms with Crippen LogP contribution < -0.4 is 10.5 Å². The standard InChI is InChI=1S/C28H32N4O3S/c1-32-12-8-21(9-13-32)27-31-17-24(36-27)22-15-23(26(29)30-16-22)35-18-20-5-2-4-19(14-20)7-11-28(34)10-3-6-25(28)33/h2,4-5,14-17,21,25,33-34H,3,6,8-10,12-13,18H2,1H3,(H2,29,30). The van der Waals surface area contributed by atoms with Gasteiger partial charge in [-0.05, 0) is 76.0 Å². The van der Waals surface area contributed by atoms with Gasteiger partial charge in [0.05, 0.1) is 16.0 Å². The Kier molecular flexibility index (Phi) is 7.26. The number of aliphatic hydroxyl groups is 2. The van der Waals surface area contributed by atoms with Crippen molar-refractivity contribution in [3.05, 3.63) is 58.9 Å². The first-order chi connectivity index (χ1) is 17.4. The Hall–Kier alpha value is -2.96. The lowest BCUT2D eigenvalue weighted by molar-refractivity contribution is -0.00819. The molecular weight excluding hydrogens is 472 g/mol. The Balaban J connectivity index is 1.26. The van der Waals surface area contributed by atoms with E-state index in [-0.39, 0.29) is 0 Å². The molecule has 1 saturated heterocycles. The topological polar surface area (TPSA) is 105 Å². The highest BCUT2D eigenvalue weighted by molar-refractivity contribution is 7.15. The molecule has 2 aliphatic rings. The second kappa shape index (κ2) is 10.6. The Morgan fingerprint density at radius 3 is 2.81 bits per heavy atom. The molecule has 2 fully saturated rings. The zero-order chi connectivity index (χ0) is 25.1. The number of pyridine rings is 1. The van der Waals surface area contributed by atoms with Crippen molar-refractivity contribution < 1.29 is 14.9 Å². The van der Waals surface area contributed by atoms with Gasteiger partial charge in [0.15, 0.2) is 17.2 Å². The van der Waals surface area contributed by atoms with E-state index < -0.39 is 11.7 Å². The second-order valence-electron chi connectivity index (χ2n) is 9.82. The smallest absolute Gasteiger partial charge is 0.166 e. The number of nitrogens with zero attached hydrogens (tertiary/aromatic N) is 3. The number of ether oxygens (including phenoxy) is 1. The minimum atomic E-state index is -1.32. The molecule has 0 bridgehead atoms. The van der Waals surface area contributed by atoms with E-state index in [1.165, 1.54) is 5.01 Å². The van der Waals surface area contributed by atoms with Crippen LogP contribution in [0.5, 0.6) is 5.75 Å². The third-order valence-electron chi connectivity index (χ3n) is 7.09. The number of benzene rings is 1. The first-order valence-electron chi connectivity index (χ1n) is 12.5. The van der Waals surface area contributed by atoms with Crippen LogP contribution in [0.4, 0.5) is 5.82 Å². The Bertz CT molecular complexity index is 1280. The molecule has 36 heavy (non-hydrogen) atoms. The van der Waals surface area contributed by atoms with E-state index in [4.69, 9.17) is 15.5 Å². The summed E-state index contributed by atoms with van der Waals surface area (Å²) in [5.74, 6) is 7.26. The second-order valence-corrected chi connectivity index (χ2v) is 10.9. The zero-order valence-corrected chi connectivity index (χ0v) is 21.3. The van der Waals surface area contributed by atoms with E-state index in [0.717, 1.165) is 53.9 Å². The predicted octanol–water partition coefficient (Wildman–Crippen LogP) is 3.80. The molecule has 2 unspecified atom stereocenters. The van der Waals surface area contributed by atoms with Gasteiger partial charge in [-0.3, -0.25) is 0 Å². The summed E-state index contributed by atoms with van der Waals surface area (Å²) in [5.41, 5.74) is 7.42. The maximum atomic E-state index is 10.5. The van der Waals surface area contributed by atoms with Crippen LogP contribution in [0.1, 0.15) is 54.2 Å². The van der Waals surface area contributed by atoms with Crippen molar-refractivity contribution in [1.29, 1.82) is 0 Å². The monoisotopic (exact) mass is 504 g/mol. The van der Waals surface area contributed by atoms with E-state index in [0.29, 0.717) is 36.9 Å². The average molecular weight is 505 g/mol. The van der Waals surface area contributed by atoms with E-state index in [2.05, 4.69) is 28.8 Å². The van der Waals surface area contributed by atoms with Gasteiger partial charge in [0.25, 0.3) is 0 Å². The number of piperidine rings is 1. The van der Waals surface area contributed by atoms with E-state index in [1.54, 1.807) is 17.5 Å². The number of anilines is 1. The number of thiazole rings is 1. The summed E-state index contributed by atoms with van der Waals surface area (Å²) >= 11 is 1.72. The first kappa shape index (κ1) is 24.7. The summed E-state index contributed by atoms with van der Waals surface area (Å²) in [6.07, 6.45) is 7.02.